The van der Waals surface area contributed by atoms with Crippen LogP contribution in [0.25, 0.3) is 0 Å². The molecule has 0 aliphatic carbocycles. The quantitative estimate of drug-likeness (QED) is 0.800. The Morgan fingerprint density at radius 2 is 2.39 bits per heavy atom. The summed E-state index contributed by atoms with van der Waals surface area (Å²) in [6.07, 6.45) is 4.94. The van der Waals surface area contributed by atoms with Crippen molar-refractivity contribution >= 4 is 5.91 Å². The second-order valence-electron chi connectivity index (χ2n) is 5.02. The van der Waals surface area contributed by atoms with E-state index in [4.69, 9.17) is 0 Å². The lowest BCUT2D eigenvalue weighted by Gasteiger charge is -2.36. The van der Waals surface area contributed by atoms with Crippen molar-refractivity contribution in [1.29, 1.82) is 0 Å². The molecular formula is C12H21N5O. The molecule has 0 saturated carbocycles. The van der Waals surface area contributed by atoms with Crippen LogP contribution in [0.3, 0.4) is 0 Å². The maximum absolute atomic E-state index is 11.9. The van der Waals surface area contributed by atoms with Gasteiger partial charge in [-0.1, -0.05) is 12.1 Å². The lowest BCUT2D eigenvalue weighted by Crippen LogP contribution is -2.56. The summed E-state index contributed by atoms with van der Waals surface area (Å²) in [4.78, 5) is 11.9. The summed E-state index contributed by atoms with van der Waals surface area (Å²) >= 11 is 0. The largest absolute Gasteiger partial charge is 0.351 e. The van der Waals surface area contributed by atoms with Gasteiger partial charge in [-0.15, -0.1) is 5.10 Å². The van der Waals surface area contributed by atoms with Gasteiger partial charge in [0.2, 0.25) is 5.91 Å². The van der Waals surface area contributed by atoms with Crippen molar-refractivity contribution in [2.24, 2.45) is 5.92 Å². The molecule has 0 radical (unpaired) electrons. The molecule has 100 valence electrons. The van der Waals surface area contributed by atoms with Crippen LogP contribution in [-0.2, 0) is 11.3 Å². The van der Waals surface area contributed by atoms with Crippen molar-refractivity contribution in [2.45, 2.75) is 45.3 Å². The van der Waals surface area contributed by atoms with Crippen LogP contribution in [0, 0.1) is 5.92 Å². The first-order chi connectivity index (χ1) is 8.66. The van der Waals surface area contributed by atoms with Crippen LogP contribution in [-0.4, -0.2) is 39.5 Å². The average molecular weight is 251 g/mol. The summed E-state index contributed by atoms with van der Waals surface area (Å²) in [6.45, 7) is 5.93. The molecule has 1 aromatic rings. The van der Waals surface area contributed by atoms with Gasteiger partial charge in [0, 0.05) is 24.7 Å². The molecule has 1 aliphatic rings. The first kappa shape index (κ1) is 13.0. The summed E-state index contributed by atoms with van der Waals surface area (Å²) in [7, 11) is 0. The standard InChI is InChI=1S/C12H21N5O/c1-9-3-5-13-10(2)12(9)15-11(18)4-7-17-8-6-14-16-17/h6,8-10,12-13H,3-5,7H2,1-2H3,(H,15,18). The van der Waals surface area contributed by atoms with Crippen LogP contribution < -0.4 is 10.6 Å². The van der Waals surface area contributed by atoms with Crippen LogP contribution in [0.1, 0.15) is 26.7 Å². The van der Waals surface area contributed by atoms with E-state index in [-0.39, 0.29) is 11.9 Å². The third-order valence-electron chi connectivity index (χ3n) is 3.59. The summed E-state index contributed by atoms with van der Waals surface area (Å²) < 4.78 is 1.67. The molecule has 0 bridgehead atoms. The summed E-state index contributed by atoms with van der Waals surface area (Å²) in [6, 6.07) is 0.561. The first-order valence-corrected chi connectivity index (χ1v) is 6.53. The molecule has 1 aliphatic heterocycles. The molecule has 1 amide bonds. The van der Waals surface area contributed by atoms with Gasteiger partial charge in [0.05, 0.1) is 12.7 Å². The van der Waals surface area contributed by atoms with Crippen LogP contribution in [0.15, 0.2) is 12.4 Å². The van der Waals surface area contributed by atoms with Crippen molar-refractivity contribution < 1.29 is 4.79 Å². The number of aromatic nitrogens is 3. The molecule has 2 N–H and O–H groups in total. The van der Waals surface area contributed by atoms with E-state index < -0.39 is 0 Å². The van der Waals surface area contributed by atoms with Gasteiger partial charge >= 0.3 is 0 Å². The highest BCUT2D eigenvalue weighted by atomic mass is 16.1. The summed E-state index contributed by atoms with van der Waals surface area (Å²) in [5.41, 5.74) is 0. The molecule has 0 spiro atoms. The molecule has 1 saturated heterocycles. The maximum atomic E-state index is 11.9. The number of carbonyl (C=O) groups is 1. The van der Waals surface area contributed by atoms with E-state index in [0.717, 1.165) is 13.0 Å². The van der Waals surface area contributed by atoms with E-state index >= 15 is 0 Å². The van der Waals surface area contributed by atoms with Crippen LogP contribution in [0.2, 0.25) is 0 Å². The average Bonchev–Trinajstić information content (AvgIpc) is 2.84. The van der Waals surface area contributed by atoms with E-state index in [9.17, 15) is 4.79 Å². The predicted octanol–water partition coefficient (Wildman–Crippen LogP) is 0.171. The molecule has 6 heteroatoms. The highest BCUT2D eigenvalue weighted by molar-refractivity contribution is 5.76. The molecule has 3 atom stereocenters. The number of carbonyl (C=O) groups excluding carboxylic acids is 1. The summed E-state index contributed by atoms with van der Waals surface area (Å²) in [5, 5.41) is 14.1. The Morgan fingerprint density at radius 3 is 3.06 bits per heavy atom. The Bertz CT molecular complexity index is 368. The van der Waals surface area contributed by atoms with Crippen LogP contribution >= 0.6 is 0 Å². The number of nitrogens with one attached hydrogen (secondary N) is 2. The number of hydrogen-bond acceptors (Lipinski definition) is 4. The number of aryl methyl sites for hydroxylation is 1. The van der Waals surface area contributed by atoms with Crippen molar-refractivity contribution in [3.8, 4) is 0 Å². The number of nitrogens with zero attached hydrogens (tertiary/aromatic N) is 3. The molecule has 0 aromatic carbocycles. The monoisotopic (exact) mass is 251 g/mol. The molecule has 18 heavy (non-hydrogen) atoms. The molecule has 3 unspecified atom stereocenters. The second-order valence-corrected chi connectivity index (χ2v) is 5.02. The molecular weight excluding hydrogens is 230 g/mol. The van der Waals surface area contributed by atoms with Gasteiger partial charge in [-0.2, -0.15) is 0 Å². The lowest BCUT2D eigenvalue weighted by molar-refractivity contribution is -0.122. The minimum Gasteiger partial charge on any atom is -0.351 e. The number of hydrogen-bond donors (Lipinski definition) is 2. The van der Waals surface area contributed by atoms with E-state index in [1.54, 1.807) is 17.1 Å². The first-order valence-electron chi connectivity index (χ1n) is 6.53. The van der Waals surface area contributed by atoms with Gasteiger partial charge in [-0.25, -0.2) is 0 Å². The normalized spacial score (nSPS) is 28.0. The third kappa shape index (κ3) is 3.29. The van der Waals surface area contributed by atoms with E-state index in [1.807, 2.05) is 0 Å². The Kier molecular flexibility index (Phi) is 4.30. The van der Waals surface area contributed by atoms with Gasteiger partial charge in [0.15, 0.2) is 0 Å². The fourth-order valence-corrected chi connectivity index (χ4v) is 2.43. The molecule has 6 nitrogen and oxygen atoms in total. The molecule has 1 aromatic heterocycles. The van der Waals surface area contributed by atoms with Crippen LogP contribution in [0.4, 0.5) is 0 Å². The van der Waals surface area contributed by atoms with Crippen molar-refractivity contribution in [1.82, 2.24) is 25.6 Å². The summed E-state index contributed by atoms with van der Waals surface area (Å²) in [5.74, 6) is 0.606. The zero-order valence-corrected chi connectivity index (χ0v) is 11.0. The molecule has 1 fully saturated rings. The fraction of sp³-hybridized carbons (Fsp3) is 0.750. The number of rotatable bonds is 4. The van der Waals surface area contributed by atoms with E-state index in [1.165, 1.54) is 0 Å². The Labute approximate surface area is 107 Å². The van der Waals surface area contributed by atoms with Crippen molar-refractivity contribution in [3.63, 3.8) is 0 Å². The van der Waals surface area contributed by atoms with Gasteiger partial charge in [0.1, 0.15) is 0 Å². The highest BCUT2D eigenvalue weighted by Gasteiger charge is 2.28. The van der Waals surface area contributed by atoms with Gasteiger partial charge in [0.25, 0.3) is 0 Å². The predicted molar refractivity (Wildman–Crippen MR) is 67.8 cm³/mol. The maximum Gasteiger partial charge on any atom is 0.222 e. The Morgan fingerprint density at radius 1 is 1.56 bits per heavy atom. The zero-order chi connectivity index (χ0) is 13.0. The zero-order valence-electron chi connectivity index (χ0n) is 11.0. The van der Waals surface area contributed by atoms with E-state index in [0.29, 0.717) is 24.9 Å². The molecule has 2 heterocycles. The van der Waals surface area contributed by atoms with Gasteiger partial charge in [-0.05, 0) is 25.8 Å². The highest BCUT2D eigenvalue weighted by Crippen LogP contribution is 2.16. The van der Waals surface area contributed by atoms with E-state index in [2.05, 4.69) is 34.8 Å². The van der Waals surface area contributed by atoms with Gasteiger partial charge in [-0.3, -0.25) is 9.48 Å². The number of piperidine rings is 1. The Balaban J connectivity index is 1.79. The number of amides is 1. The Hall–Kier alpha value is -1.43. The second kappa shape index (κ2) is 5.95. The minimum atomic E-state index is 0.0814. The topological polar surface area (TPSA) is 71.8 Å². The van der Waals surface area contributed by atoms with Crippen molar-refractivity contribution in [2.75, 3.05) is 6.54 Å². The SMILES string of the molecule is CC1CCNC(C)C1NC(=O)CCn1ccnn1. The molecule has 2 rings (SSSR count). The van der Waals surface area contributed by atoms with Crippen molar-refractivity contribution in [3.05, 3.63) is 12.4 Å². The smallest absolute Gasteiger partial charge is 0.222 e. The van der Waals surface area contributed by atoms with Gasteiger partial charge < -0.3 is 10.6 Å². The lowest BCUT2D eigenvalue weighted by atomic mass is 9.89. The fourth-order valence-electron chi connectivity index (χ4n) is 2.43. The van der Waals surface area contributed by atoms with Crippen LogP contribution in [0.5, 0.6) is 0 Å². The minimum absolute atomic E-state index is 0.0814. The third-order valence-corrected chi connectivity index (χ3v) is 3.59.